The van der Waals surface area contributed by atoms with E-state index in [1.165, 1.54) is 17.2 Å². The molecule has 6 heteroatoms. The van der Waals surface area contributed by atoms with E-state index in [0.29, 0.717) is 0 Å². The first-order valence-corrected chi connectivity index (χ1v) is 7.74. The molecule has 0 saturated heterocycles. The number of aliphatic hydroxyl groups is 1. The first-order chi connectivity index (χ1) is 11.2. The number of carbonyl (C=O) groups excluding carboxylic acids is 1. The van der Waals surface area contributed by atoms with Gasteiger partial charge in [-0.2, -0.15) is 0 Å². The highest BCUT2D eigenvalue weighted by Gasteiger charge is 2.37. The van der Waals surface area contributed by atoms with Gasteiger partial charge in [-0.05, 0) is 31.4 Å². The van der Waals surface area contributed by atoms with E-state index < -0.39 is 6.10 Å². The van der Waals surface area contributed by atoms with Gasteiger partial charge in [-0.15, -0.1) is 0 Å². The maximum absolute atomic E-state index is 12.4. The third-order valence-electron chi connectivity index (χ3n) is 4.27. The summed E-state index contributed by atoms with van der Waals surface area (Å²) in [5.41, 5.74) is 0.241. The number of likely N-dealkylation sites (N-methyl/N-ethyl adjacent to an activating group) is 1. The first kappa shape index (κ1) is 15.6. The van der Waals surface area contributed by atoms with Crippen molar-refractivity contribution in [2.24, 2.45) is 0 Å². The Morgan fingerprint density at radius 2 is 2.09 bits per heavy atom. The molecule has 0 spiro atoms. The third kappa shape index (κ3) is 3.37. The summed E-state index contributed by atoms with van der Waals surface area (Å²) in [4.78, 5) is 13.9. The Hall–Kier alpha value is -2.34. The van der Waals surface area contributed by atoms with E-state index in [4.69, 9.17) is 9.26 Å². The Labute approximate surface area is 134 Å². The highest BCUT2D eigenvalue weighted by atomic mass is 16.5. The van der Waals surface area contributed by atoms with E-state index in [1.54, 1.807) is 7.05 Å². The third-order valence-corrected chi connectivity index (χ3v) is 4.27. The summed E-state index contributed by atoms with van der Waals surface area (Å²) in [6, 6.07) is 10.6. The van der Waals surface area contributed by atoms with Gasteiger partial charge >= 0.3 is 0 Å². The summed E-state index contributed by atoms with van der Waals surface area (Å²) in [5.74, 6) is 0.464. The Morgan fingerprint density at radius 3 is 2.78 bits per heavy atom. The molecule has 3 atom stereocenters. The van der Waals surface area contributed by atoms with Crippen LogP contribution in [0.4, 0.5) is 0 Å². The van der Waals surface area contributed by atoms with E-state index in [1.807, 2.05) is 30.3 Å². The number of ether oxygens (including phenoxy) is 1. The molecule has 2 aromatic rings. The van der Waals surface area contributed by atoms with Gasteiger partial charge in [0.05, 0.1) is 6.04 Å². The van der Waals surface area contributed by atoms with Crippen molar-refractivity contribution in [3.63, 3.8) is 0 Å². The standard InChI is InChI=1S/C17H20N2O4/c1-19(17(21)13-10-11-22-18-13)14-8-5-9-15(16(14)20)23-12-6-3-2-4-7-12/h2-4,6-7,10-11,14-16,20H,5,8-9H2,1H3/t14-,15-,16-/m1/s1. The lowest BCUT2D eigenvalue weighted by Crippen LogP contribution is -2.53. The van der Waals surface area contributed by atoms with Gasteiger partial charge in [-0.1, -0.05) is 23.4 Å². The van der Waals surface area contributed by atoms with Crippen LogP contribution in [0.3, 0.4) is 0 Å². The molecule has 0 bridgehead atoms. The first-order valence-electron chi connectivity index (χ1n) is 7.74. The van der Waals surface area contributed by atoms with Crippen LogP contribution < -0.4 is 4.74 Å². The minimum absolute atomic E-state index is 0.241. The molecule has 1 aromatic heterocycles. The molecule has 122 valence electrons. The van der Waals surface area contributed by atoms with E-state index >= 15 is 0 Å². The smallest absolute Gasteiger partial charge is 0.276 e. The predicted octanol–water partition coefficient (Wildman–Crippen LogP) is 2.11. The Morgan fingerprint density at radius 1 is 1.30 bits per heavy atom. The number of benzene rings is 1. The highest BCUT2D eigenvalue weighted by Crippen LogP contribution is 2.27. The molecule has 23 heavy (non-hydrogen) atoms. The molecule has 1 N–H and O–H groups in total. The van der Waals surface area contributed by atoms with Crippen molar-refractivity contribution in [2.75, 3.05) is 7.05 Å². The number of aromatic nitrogens is 1. The zero-order chi connectivity index (χ0) is 16.2. The van der Waals surface area contributed by atoms with Crippen LogP contribution in [0.2, 0.25) is 0 Å². The lowest BCUT2D eigenvalue weighted by atomic mass is 9.88. The molecule has 1 saturated carbocycles. The van der Waals surface area contributed by atoms with Gasteiger partial charge in [0.1, 0.15) is 24.2 Å². The summed E-state index contributed by atoms with van der Waals surface area (Å²) in [7, 11) is 1.68. The fourth-order valence-electron chi connectivity index (χ4n) is 3.00. The number of carbonyl (C=O) groups is 1. The number of para-hydroxylation sites is 1. The van der Waals surface area contributed by atoms with Crippen LogP contribution in [0.15, 0.2) is 47.2 Å². The molecule has 0 unspecified atom stereocenters. The van der Waals surface area contributed by atoms with Crippen molar-refractivity contribution >= 4 is 5.91 Å². The van der Waals surface area contributed by atoms with Gasteiger partial charge in [0.15, 0.2) is 5.69 Å². The zero-order valence-electron chi connectivity index (χ0n) is 13.0. The monoisotopic (exact) mass is 316 g/mol. The van der Waals surface area contributed by atoms with Crippen LogP contribution in [0.5, 0.6) is 5.75 Å². The number of rotatable bonds is 4. The maximum Gasteiger partial charge on any atom is 0.276 e. The molecule has 0 aliphatic heterocycles. The van der Waals surface area contributed by atoms with Gasteiger partial charge in [0, 0.05) is 13.1 Å². The summed E-state index contributed by atoms with van der Waals surface area (Å²) < 4.78 is 10.6. The highest BCUT2D eigenvalue weighted by molar-refractivity contribution is 5.92. The summed E-state index contributed by atoms with van der Waals surface area (Å²) in [6.07, 6.45) is 2.66. The molecular weight excluding hydrogens is 296 g/mol. The average molecular weight is 316 g/mol. The van der Waals surface area contributed by atoms with Crippen LogP contribution in [-0.4, -0.2) is 46.4 Å². The SMILES string of the molecule is CN(C(=O)c1ccon1)[C@@H]1CCC[C@@H](Oc2ccccc2)[C@@H]1O. The van der Waals surface area contributed by atoms with Crippen molar-refractivity contribution in [1.29, 1.82) is 0 Å². The van der Waals surface area contributed by atoms with Gasteiger partial charge in [-0.3, -0.25) is 4.79 Å². The average Bonchev–Trinajstić information content (AvgIpc) is 3.11. The Bertz CT molecular complexity index is 629. The van der Waals surface area contributed by atoms with Gasteiger partial charge in [-0.25, -0.2) is 0 Å². The molecular formula is C17H20N2O4. The van der Waals surface area contributed by atoms with Gasteiger partial charge in [0.2, 0.25) is 0 Å². The topological polar surface area (TPSA) is 75.8 Å². The molecule has 1 fully saturated rings. The van der Waals surface area contributed by atoms with Gasteiger partial charge < -0.3 is 19.3 Å². The number of aliphatic hydroxyl groups excluding tert-OH is 1. The number of nitrogens with zero attached hydrogens (tertiary/aromatic N) is 2. The Balaban J connectivity index is 1.69. The fourth-order valence-corrected chi connectivity index (χ4v) is 3.00. The molecule has 1 aromatic carbocycles. The van der Waals surface area contributed by atoms with Crippen molar-refractivity contribution in [2.45, 2.75) is 37.5 Å². The second kappa shape index (κ2) is 6.83. The van der Waals surface area contributed by atoms with Crippen LogP contribution in [0.25, 0.3) is 0 Å². The minimum Gasteiger partial charge on any atom is -0.488 e. The lowest BCUT2D eigenvalue weighted by Gasteiger charge is -2.39. The van der Waals surface area contributed by atoms with Crippen molar-refractivity contribution in [3.8, 4) is 5.75 Å². The molecule has 6 nitrogen and oxygen atoms in total. The van der Waals surface area contributed by atoms with Crippen LogP contribution in [0, 0.1) is 0 Å². The van der Waals surface area contributed by atoms with E-state index in [0.717, 1.165) is 25.0 Å². The fraction of sp³-hybridized carbons (Fsp3) is 0.412. The lowest BCUT2D eigenvalue weighted by molar-refractivity contribution is -0.0414. The van der Waals surface area contributed by atoms with Crippen molar-refractivity contribution in [1.82, 2.24) is 10.1 Å². The molecule has 1 amide bonds. The van der Waals surface area contributed by atoms with E-state index in [2.05, 4.69) is 5.16 Å². The normalized spacial score (nSPS) is 24.2. The predicted molar refractivity (Wildman–Crippen MR) is 83.1 cm³/mol. The molecule has 1 aliphatic carbocycles. The van der Waals surface area contributed by atoms with Crippen LogP contribution >= 0.6 is 0 Å². The number of hydrogen-bond donors (Lipinski definition) is 1. The van der Waals surface area contributed by atoms with Crippen LogP contribution in [-0.2, 0) is 0 Å². The van der Waals surface area contributed by atoms with Crippen LogP contribution in [0.1, 0.15) is 29.8 Å². The Kier molecular flexibility index (Phi) is 4.62. The molecule has 3 rings (SSSR count). The largest absolute Gasteiger partial charge is 0.488 e. The number of hydrogen-bond acceptors (Lipinski definition) is 5. The van der Waals surface area contributed by atoms with E-state index in [9.17, 15) is 9.90 Å². The molecule has 1 aliphatic rings. The molecule has 0 radical (unpaired) electrons. The second-order valence-corrected chi connectivity index (χ2v) is 5.76. The maximum atomic E-state index is 12.4. The van der Waals surface area contributed by atoms with Crippen molar-refractivity contribution in [3.05, 3.63) is 48.4 Å². The van der Waals surface area contributed by atoms with Crippen molar-refractivity contribution < 1.29 is 19.2 Å². The zero-order valence-corrected chi connectivity index (χ0v) is 13.0. The second-order valence-electron chi connectivity index (χ2n) is 5.76. The summed E-state index contributed by atoms with van der Waals surface area (Å²) in [6.45, 7) is 0. The molecule has 1 heterocycles. The summed E-state index contributed by atoms with van der Waals surface area (Å²) in [5, 5.41) is 14.3. The number of amides is 1. The van der Waals surface area contributed by atoms with Gasteiger partial charge in [0.25, 0.3) is 5.91 Å². The summed E-state index contributed by atoms with van der Waals surface area (Å²) >= 11 is 0. The van der Waals surface area contributed by atoms with E-state index in [-0.39, 0.29) is 23.7 Å². The quantitative estimate of drug-likeness (QED) is 0.935. The minimum atomic E-state index is -0.746.